The highest BCUT2D eigenvalue weighted by Crippen LogP contribution is 2.19. The summed E-state index contributed by atoms with van der Waals surface area (Å²) in [5, 5.41) is 0. The van der Waals surface area contributed by atoms with Crippen LogP contribution in [0, 0.1) is 5.92 Å². The van der Waals surface area contributed by atoms with Crippen molar-refractivity contribution in [3.8, 4) is 0 Å². The Hall–Kier alpha value is -2.46. The predicted octanol–water partition coefficient (Wildman–Crippen LogP) is 4.42. The molecule has 4 heteroatoms. The first-order valence-electron chi connectivity index (χ1n) is 8.62. The number of Topliss-reactive ketones (excluding diaryl/α,β-unsaturated/α-hetero) is 1. The SMILES string of the molecule is C=C(C)/C=C/[C@H](CCC(C(=O)OC)C(=O)C(=C)C)OCc1ccccc1. The second-order valence-corrected chi connectivity index (χ2v) is 6.34. The summed E-state index contributed by atoms with van der Waals surface area (Å²) < 4.78 is 10.7. The molecule has 0 saturated heterocycles. The maximum Gasteiger partial charge on any atom is 0.316 e. The fourth-order valence-electron chi connectivity index (χ4n) is 2.41. The molecule has 1 rings (SSSR count). The normalized spacial score (nSPS) is 13.2. The van der Waals surface area contributed by atoms with Crippen molar-refractivity contribution in [1.29, 1.82) is 0 Å². The minimum Gasteiger partial charge on any atom is -0.468 e. The van der Waals surface area contributed by atoms with Gasteiger partial charge in [0.1, 0.15) is 5.92 Å². The van der Waals surface area contributed by atoms with Gasteiger partial charge in [0.2, 0.25) is 0 Å². The van der Waals surface area contributed by atoms with Gasteiger partial charge < -0.3 is 9.47 Å². The monoisotopic (exact) mass is 356 g/mol. The zero-order chi connectivity index (χ0) is 19.5. The van der Waals surface area contributed by atoms with E-state index < -0.39 is 11.9 Å². The highest BCUT2D eigenvalue weighted by atomic mass is 16.5. The van der Waals surface area contributed by atoms with Crippen molar-refractivity contribution in [3.63, 3.8) is 0 Å². The second kappa shape index (κ2) is 11.2. The maximum atomic E-state index is 12.2. The van der Waals surface area contributed by atoms with Gasteiger partial charge in [-0.15, -0.1) is 0 Å². The van der Waals surface area contributed by atoms with E-state index >= 15 is 0 Å². The number of carbonyl (C=O) groups excluding carboxylic acids is 2. The number of hydrogen-bond donors (Lipinski definition) is 0. The fraction of sp³-hybridized carbons (Fsp3) is 0.364. The average molecular weight is 356 g/mol. The summed E-state index contributed by atoms with van der Waals surface area (Å²) >= 11 is 0. The lowest BCUT2D eigenvalue weighted by Crippen LogP contribution is -2.27. The predicted molar refractivity (Wildman–Crippen MR) is 104 cm³/mol. The van der Waals surface area contributed by atoms with Gasteiger partial charge in [-0.3, -0.25) is 9.59 Å². The number of ketones is 1. The van der Waals surface area contributed by atoms with E-state index in [1.165, 1.54) is 7.11 Å². The van der Waals surface area contributed by atoms with Crippen LogP contribution >= 0.6 is 0 Å². The lowest BCUT2D eigenvalue weighted by molar-refractivity contribution is -0.149. The van der Waals surface area contributed by atoms with E-state index in [2.05, 4.69) is 13.2 Å². The maximum absolute atomic E-state index is 12.2. The molecule has 0 fully saturated rings. The summed E-state index contributed by atoms with van der Waals surface area (Å²) in [6, 6.07) is 9.83. The van der Waals surface area contributed by atoms with Crippen LogP contribution in [0.2, 0.25) is 0 Å². The van der Waals surface area contributed by atoms with E-state index in [9.17, 15) is 9.59 Å². The van der Waals surface area contributed by atoms with E-state index in [0.717, 1.165) is 11.1 Å². The Morgan fingerprint density at radius 3 is 2.31 bits per heavy atom. The van der Waals surface area contributed by atoms with Crippen molar-refractivity contribution in [2.45, 2.75) is 39.4 Å². The summed E-state index contributed by atoms with van der Waals surface area (Å²) in [5.74, 6) is -1.68. The molecule has 0 aliphatic rings. The smallest absolute Gasteiger partial charge is 0.316 e. The molecule has 26 heavy (non-hydrogen) atoms. The van der Waals surface area contributed by atoms with E-state index in [1.807, 2.05) is 49.4 Å². The lowest BCUT2D eigenvalue weighted by Gasteiger charge is -2.18. The van der Waals surface area contributed by atoms with Gasteiger partial charge in [0, 0.05) is 0 Å². The lowest BCUT2D eigenvalue weighted by atomic mass is 9.93. The van der Waals surface area contributed by atoms with E-state index in [0.29, 0.717) is 25.0 Å². The number of esters is 1. The third-order valence-corrected chi connectivity index (χ3v) is 3.86. The zero-order valence-electron chi connectivity index (χ0n) is 15.9. The zero-order valence-corrected chi connectivity index (χ0v) is 15.9. The van der Waals surface area contributed by atoms with E-state index in [-0.39, 0.29) is 11.9 Å². The number of hydrogen-bond acceptors (Lipinski definition) is 4. The van der Waals surface area contributed by atoms with Crippen molar-refractivity contribution in [1.82, 2.24) is 0 Å². The van der Waals surface area contributed by atoms with Crippen LogP contribution in [0.4, 0.5) is 0 Å². The van der Waals surface area contributed by atoms with Crippen LogP contribution in [0.3, 0.4) is 0 Å². The standard InChI is InChI=1S/C22H28O4/c1-16(2)11-12-19(26-15-18-9-7-6-8-10-18)13-14-20(22(24)25-5)21(23)17(3)4/h6-12,19-20H,1,3,13-15H2,2,4-5H3/b12-11+/t19-,20?/m1/s1. The molecule has 0 saturated carbocycles. The number of allylic oxidation sites excluding steroid dienone is 3. The first-order chi connectivity index (χ1) is 12.3. The molecule has 0 amide bonds. The third kappa shape index (κ3) is 7.62. The number of carbonyl (C=O) groups is 2. The quantitative estimate of drug-likeness (QED) is 0.255. The third-order valence-electron chi connectivity index (χ3n) is 3.86. The van der Waals surface area contributed by atoms with Crippen molar-refractivity contribution < 1.29 is 19.1 Å². The average Bonchev–Trinajstić information content (AvgIpc) is 2.63. The molecule has 1 unspecified atom stereocenters. The van der Waals surface area contributed by atoms with Gasteiger partial charge in [-0.25, -0.2) is 0 Å². The van der Waals surface area contributed by atoms with Gasteiger partial charge >= 0.3 is 5.97 Å². The Balaban J connectivity index is 2.79. The van der Waals surface area contributed by atoms with Crippen LogP contribution in [0.25, 0.3) is 0 Å². The first kappa shape index (κ1) is 21.6. The molecule has 140 valence electrons. The molecule has 0 radical (unpaired) electrons. The molecule has 1 aromatic carbocycles. The summed E-state index contributed by atoms with van der Waals surface area (Å²) in [6.07, 6.45) is 4.39. The summed E-state index contributed by atoms with van der Waals surface area (Å²) in [7, 11) is 1.28. The van der Waals surface area contributed by atoms with Crippen LogP contribution in [0.15, 0.2) is 66.8 Å². The molecule has 0 aliphatic heterocycles. The van der Waals surface area contributed by atoms with Gasteiger partial charge in [0.15, 0.2) is 5.78 Å². The minimum atomic E-state index is -0.849. The molecule has 0 spiro atoms. The molecular weight excluding hydrogens is 328 g/mol. The fourth-order valence-corrected chi connectivity index (χ4v) is 2.41. The second-order valence-electron chi connectivity index (χ2n) is 6.34. The van der Waals surface area contributed by atoms with Gasteiger partial charge in [0.05, 0.1) is 19.8 Å². The minimum absolute atomic E-state index is 0.239. The van der Waals surface area contributed by atoms with Gasteiger partial charge in [-0.1, -0.05) is 61.2 Å². The van der Waals surface area contributed by atoms with Gasteiger partial charge in [-0.05, 0) is 37.8 Å². The summed E-state index contributed by atoms with van der Waals surface area (Å²) in [4.78, 5) is 24.2. The molecule has 0 bridgehead atoms. The Kier molecular flexibility index (Phi) is 9.31. The van der Waals surface area contributed by atoms with Crippen LogP contribution < -0.4 is 0 Å². The van der Waals surface area contributed by atoms with Crippen molar-refractivity contribution in [3.05, 3.63) is 72.4 Å². The highest BCUT2D eigenvalue weighted by Gasteiger charge is 2.28. The van der Waals surface area contributed by atoms with Gasteiger partial charge in [-0.2, -0.15) is 0 Å². The molecule has 0 N–H and O–H groups in total. The largest absolute Gasteiger partial charge is 0.468 e. The first-order valence-corrected chi connectivity index (χ1v) is 8.62. The molecular formula is C22H28O4. The van der Waals surface area contributed by atoms with Crippen LogP contribution in [-0.2, 0) is 25.7 Å². The highest BCUT2D eigenvalue weighted by molar-refractivity contribution is 6.07. The molecule has 2 atom stereocenters. The van der Waals surface area contributed by atoms with Crippen LogP contribution in [0.5, 0.6) is 0 Å². The Labute approximate surface area is 156 Å². The topological polar surface area (TPSA) is 52.6 Å². The van der Waals surface area contributed by atoms with Gasteiger partial charge in [0.25, 0.3) is 0 Å². The molecule has 0 aliphatic carbocycles. The molecule has 1 aromatic rings. The Morgan fingerprint density at radius 2 is 1.77 bits per heavy atom. The van der Waals surface area contributed by atoms with Crippen molar-refractivity contribution in [2.24, 2.45) is 5.92 Å². The summed E-state index contributed by atoms with van der Waals surface area (Å²) in [5.41, 5.74) is 2.31. The number of methoxy groups -OCH3 is 1. The number of rotatable bonds is 11. The Morgan fingerprint density at radius 1 is 1.12 bits per heavy atom. The molecule has 0 aromatic heterocycles. The van der Waals surface area contributed by atoms with Crippen LogP contribution in [-0.4, -0.2) is 25.0 Å². The van der Waals surface area contributed by atoms with Crippen molar-refractivity contribution in [2.75, 3.05) is 7.11 Å². The van der Waals surface area contributed by atoms with Crippen LogP contribution in [0.1, 0.15) is 32.3 Å². The Bertz CT molecular complexity index is 658. The van der Waals surface area contributed by atoms with Crippen molar-refractivity contribution >= 4 is 11.8 Å². The number of ether oxygens (including phenoxy) is 2. The summed E-state index contributed by atoms with van der Waals surface area (Å²) in [6.45, 7) is 11.4. The molecule has 4 nitrogen and oxygen atoms in total. The van der Waals surface area contributed by atoms with E-state index in [1.54, 1.807) is 6.92 Å². The van der Waals surface area contributed by atoms with E-state index in [4.69, 9.17) is 9.47 Å². The molecule has 0 heterocycles. The number of benzene rings is 1.